The van der Waals surface area contributed by atoms with E-state index in [2.05, 4.69) is 34.1 Å². The van der Waals surface area contributed by atoms with E-state index >= 15 is 0 Å². The Bertz CT molecular complexity index is 1370. The number of para-hydroxylation sites is 1. The van der Waals surface area contributed by atoms with Crippen molar-refractivity contribution in [1.29, 1.82) is 0 Å². The van der Waals surface area contributed by atoms with Crippen molar-refractivity contribution >= 4 is 49.9 Å². The summed E-state index contributed by atoms with van der Waals surface area (Å²) < 4.78 is 0.880. The highest BCUT2D eigenvalue weighted by atomic mass is 79.9. The maximum absolute atomic E-state index is 13.8. The third-order valence-electron chi connectivity index (χ3n) is 6.35. The van der Waals surface area contributed by atoms with Gasteiger partial charge in [0.1, 0.15) is 5.92 Å². The number of amides is 2. The van der Waals surface area contributed by atoms with Gasteiger partial charge in [-0.15, -0.1) is 0 Å². The third kappa shape index (κ3) is 3.17. The highest BCUT2D eigenvalue weighted by molar-refractivity contribution is 9.10. The van der Waals surface area contributed by atoms with Crippen LogP contribution in [-0.2, 0) is 14.4 Å². The van der Waals surface area contributed by atoms with Gasteiger partial charge in [-0.25, -0.2) is 9.96 Å². The van der Waals surface area contributed by atoms with E-state index in [0.717, 1.165) is 26.5 Å². The molecule has 33 heavy (non-hydrogen) atoms. The summed E-state index contributed by atoms with van der Waals surface area (Å²) >= 11 is 3.41. The molecule has 4 aromatic carbocycles. The van der Waals surface area contributed by atoms with Crippen LogP contribution in [0.1, 0.15) is 11.6 Å². The molecule has 0 N–H and O–H groups in total. The van der Waals surface area contributed by atoms with E-state index < -0.39 is 18.1 Å². The largest absolute Gasteiger partial charge is 0.273 e. The molecule has 0 unspecified atom stereocenters. The summed E-state index contributed by atoms with van der Waals surface area (Å²) in [5, 5.41) is 3.86. The number of halogens is 1. The second-order valence-corrected chi connectivity index (χ2v) is 9.13. The minimum atomic E-state index is -0.884. The first kappa shape index (κ1) is 20.1. The summed E-state index contributed by atoms with van der Waals surface area (Å²) in [6, 6.07) is 30.5. The van der Waals surface area contributed by atoms with Gasteiger partial charge >= 0.3 is 0 Å². The molecule has 3 atom stereocenters. The van der Waals surface area contributed by atoms with Crippen LogP contribution in [0.4, 0.5) is 11.4 Å². The molecule has 2 aliphatic heterocycles. The topological polar surface area (TPSA) is 49.9 Å². The van der Waals surface area contributed by atoms with Gasteiger partial charge in [-0.1, -0.05) is 76.6 Å². The van der Waals surface area contributed by atoms with E-state index in [9.17, 15) is 9.59 Å². The molecule has 0 spiro atoms. The first-order valence-electron chi connectivity index (χ1n) is 10.8. The fourth-order valence-corrected chi connectivity index (χ4v) is 5.15. The monoisotopic (exact) mass is 498 g/mol. The van der Waals surface area contributed by atoms with Gasteiger partial charge in [0.15, 0.2) is 6.10 Å². The quantitative estimate of drug-likeness (QED) is 0.342. The van der Waals surface area contributed by atoms with E-state index in [1.807, 2.05) is 66.7 Å². The molecule has 0 saturated carbocycles. The van der Waals surface area contributed by atoms with E-state index in [1.54, 1.807) is 17.2 Å². The molecule has 0 aliphatic carbocycles. The SMILES string of the molecule is O=C1[C@@H]2[C@H](ON(c3ccccc3)[C@H]2c2cccc3ccccc23)C(=O)N1c1ccc(Br)cc1. The van der Waals surface area contributed by atoms with Crippen LogP contribution < -0.4 is 9.96 Å². The smallest absolute Gasteiger partial charge is 0.266 e. The Balaban J connectivity index is 1.50. The van der Waals surface area contributed by atoms with Crippen molar-refractivity contribution in [3.63, 3.8) is 0 Å². The Morgan fingerprint density at radius 1 is 0.697 bits per heavy atom. The summed E-state index contributed by atoms with van der Waals surface area (Å²) in [6.45, 7) is 0. The Morgan fingerprint density at radius 3 is 2.18 bits per heavy atom. The van der Waals surface area contributed by atoms with Crippen LogP contribution in [0.2, 0.25) is 0 Å². The number of carbonyl (C=O) groups excluding carboxylic acids is 2. The maximum atomic E-state index is 13.8. The van der Waals surface area contributed by atoms with Crippen molar-refractivity contribution in [3.8, 4) is 0 Å². The molecule has 4 aromatic rings. The van der Waals surface area contributed by atoms with Crippen LogP contribution in [0.5, 0.6) is 0 Å². The zero-order valence-electron chi connectivity index (χ0n) is 17.5. The number of rotatable bonds is 3. The Kier molecular flexibility index (Phi) is 4.78. The number of benzene rings is 4. The number of carbonyl (C=O) groups is 2. The van der Waals surface area contributed by atoms with E-state index in [1.165, 1.54) is 4.90 Å². The van der Waals surface area contributed by atoms with Crippen LogP contribution in [0.3, 0.4) is 0 Å². The first-order valence-corrected chi connectivity index (χ1v) is 11.5. The molecular formula is C27H19BrN2O3. The molecule has 2 aliphatic rings. The van der Waals surface area contributed by atoms with E-state index in [-0.39, 0.29) is 11.8 Å². The van der Waals surface area contributed by atoms with Crippen LogP contribution in [0.25, 0.3) is 10.8 Å². The predicted octanol–water partition coefficient (Wildman–Crippen LogP) is 5.65. The molecule has 0 aromatic heterocycles. The number of hydrogen-bond donors (Lipinski definition) is 0. The van der Waals surface area contributed by atoms with Crippen molar-refractivity contribution in [2.75, 3.05) is 9.96 Å². The normalized spacial score (nSPS) is 22.3. The van der Waals surface area contributed by atoms with Gasteiger partial charge in [-0.2, -0.15) is 0 Å². The molecule has 0 bridgehead atoms. The van der Waals surface area contributed by atoms with Crippen molar-refractivity contribution in [1.82, 2.24) is 0 Å². The molecule has 2 fully saturated rings. The summed E-state index contributed by atoms with van der Waals surface area (Å²) in [7, 11) is 0. The number of hydrogen-bond acceptors (Lipinski definition) is 4. The van der Waals surface area contributed by atoms with Crippen LogP contribution >= 0.6 is 15.9 Å². The molecule has 6 heteroatoms. The second kappa shape index (κ2) is 7.83. The van der Waals surface area contributed by atoms with Crippen molar-refractivity contribution in [2.45, 2.75) is 12.1 Å². The second-order valence-electron chi connectivity index (χ2n) is 8.21. The molecule has 2 amide bonds. The number of anilines is 2. The number of imide groups is 1. The maximum Gasteiger partial charge on any atom is 0.266 e. The molecule has 5 nitrogen and oxygen atoms in total. The summed E-state index contributed by atoms with van der Waals surface area (Å²) in [5.41, 5.74) is 2.32. The highest BCUT2D eigenvalue weighted by Gasteiger charge is 2.60. The molecule has 2 saturated heterocycles. The number of fused-ring (bicyclic) bond motifs is 2. The van der Waals surface area contributed by atoms with Crippen molar-refractivity contribution < 1.29 is 14.4 Å². The summed E-state index contributed by atoms with van der Waals surface area (Å²) in [5.74, 6) is -1.24. The van der Waals surface area contributed by atoms with Gasteiger partial charge in [0.2, 0.25) is 5.91 Å². The molecular weight excluding hydrogens is 480 g/mol. The van der Waals surface area contributed by atoms with Gasteiger partial charge < -0.3 is 0 Å². The Hall–Kier alpha value is -3.48. The highest BCUT2D eigenvalue weighted by Crippen LogP contribution is 2.48. The van der Waals surface area contributed by atoms with Gasteiger partial charge in [0.25, 0.3) is 5.91 Å². The predicted molar refractivity (Wildman–Crippen MR) is 131 cm³/mol. The lowest BCUT2D eigenvalue weighted by Gasteiger charge is -2.29. The lowest BCUT2D eigenvalue weighted by Crippen LogP contribution is -2.37. The lowest BCUT2D eigenvalue weighted by atomic mass is 9.87. The molecule has 6 rings (SSSR count). The summed E-state index contributed by atoms with van der Waals surface area (Å²) in [4.78, 5) is 34.7. The minimum Gasteiger partial charge on any atom is -0.273 e. The molecule has 0 radical (unpaired) electrons. The van der Waals surface area contributed by atoms with Crippen LogP contribution in [0.15, 0.2) is 102 Å². The Morgan fingerprint density at radius 2 is 1.39 bits per heavy atom. The fourth-order valence-electron chi connectivity index (χ4n) is 4.88. The van der Waals surface area contributed by atoms with E-state index in [4.69, 9.17) is 4.84 Å². The van der Waals surface area contributed by atoms with Gasteiger partial charge in [0.05, 0.1) is 17.4 Å². The number of hydroxylamine groups is 1. The minimum absolute atomic E-state index is 0.247. The van der Waals surface area contributed by atoms with Crippen molar-refractivity contribution in [2.24, 2.45) is 5.92 Å². The fraction of sp³-hybridized carbons (Fsp3) is 0.111. The third-order valence-corrected chi connectivity index (χ3v) is 6.88. The first-order chi connectivity index (χ1) is 16.1. The van der Waals surface area contributed by atoms with Gasteiger partial charge in [-0.05, 0) is 52.7 Å². The zero-order valence-corrected chi connectivity index (χ0v) is 19.1. The standard InChI is InChI=1S/C27H19BrN2O3/c28-18-13-15-19(16-14-18)29-26(31)23-24(22-12-6-8-17-7-4-5-11-21(17)22)30(33-25(23)27(29)32)20-9-2-1-3-10-20/h1-16,23-25H/t23-,24-,25-/m0/s1. The van der Waals surface area contributed by atoms with Gasteiger partial charge in [0, 0.05) is 4.47 Å². The average molecular weight is 499 g/mol. The lowest BCUT2D eigenvalue weighted by molar-refractivity contribution is -0.126. The van der Waals surface area contributed by atoms with Crippen LogP contribution in [0, 0.1) is 5.92 Å². The summed E-state index contributed by atoms with van der Waals surface area (Å²) in [6.07, 6.45) is -0.884. The zero-order chi connectivity index (χ0) is 22.5. The van der Waals surface area contributed by atoms with Gasteiger partial charge in [-0.3, -0.25) is 14.4 Å². The Labute approximate surface area is 199 Å². The number of nitrogens with zero attached hydrogens (tertiary/aromatic N) is 2. The molecule has 2 heterocycles. The average Bonchev–Trinajstić information content (AvgIpc) is 3.36. The van der Waals surface area contributed by atoms with Crippen molar-refractivity contribution in [3.05, 3.63) is 107 Å². The van der Waals surface area contributed by atoms with Crippen LogP contribution in [-0.4, -0.2) is 17.9 Å². The van der Waals surface area contributed by atoms with E-state index in [0.29, 0.717) is 5.69 Å². The molecule has 162 valence electrons.